The van der Waals surface area contributed by atoms with Gasteiger partial charge in [0.25, 0.3) is 0 Å². The Morgan fingerprint density at radius 1 is 1.29 bits per heavy atom. The van der Waals surface area contributed by atoms with Crippen molar-refractivity contribution in [1.29, 1.82) is 0 Å². The first kappa shape index (κ1) is 17.2. The van der Waals surface area contributed by atoms with Crippen LogP contribution in [0.25, 0.3) is 0 Å². The van der Waals surface area contributed by atoms with E-state index >= 15 is 0 Å². The van der Waals surface area contributed by atoms with Crippen LogP contribution in [0, 0.1) is 6.92 Å². The molecule has 0 fully saturated rings. The summed E-state index contributed by atoms with van der Waals surface area (Å²) in [7, 11) is 0. The van der Waals surface area contributed by atoms with E-state index in [2.05, 4.69) is 5.32 Å². The fraction of sp³-hybridized carbons (Fsp3) is 0.529. The molecule has 1 aromatic rings. The Kier molecular flexibility index (Phi) is 6.92. The number of hydrogen-bond acceptors (Lipinski definition) is 2. The van der Waals surface area contributed by atoms with Gasteiger partial charge in [-0.25, -0.2) is 0 Å². The second kappa shape index (κ2) is 8.45. The second-order valence-electron chi connectivity index (χ2n) is 5.42. The van der Waals surface area contributed by atoms with Crippen LogP contribution in [0.15, 0.2) is 24.3 Å². The standard InChI is InChI=1S/C17H26N2O2/c1-5-14(3)19(15(4)20)11-10-17(21)18-12-16-9-7-6-8-13(16)2/h6-9,14H,5,10-12H2,1-4H3,(H,18,21). The number of benzene rings is 1. The van der Waals surface area contributed by atoms with Gasteiger partial charge in [0, 0.05) is 32.5 Å². The Balaban J connectivity index is 2.43. The first-order chi connectivity index (χ1) is 9.95. The zero-order chi connectivity index (χ0) is 15.8. The molecule has 0 bridgehead atoms. The molecule has 0 aliphatic carbocycles. The van der Waals surface area contributed by atoms with E-state index in [1.165, 1.54) is 5.56 Å². The molecule has 1 atom stereocenters. The van der Waals surface area contributed by atoms with Crippen molar-refractivity contribution in [3.63, 3.8) is 0 Å². The molecule has 0 saturated carbocycles. The molecule has 0 aliphatic rings. The van der Waals surface area contributed by atoms with E-state index in [-0.39, 0.29) is 17.9 Å². The van der Waals surface area contributed by atoms with Crippen LogP contribution in [0.3, 0.4) is 0 Å². The minimum absolute atomic E-state index is 0.0205. The lowest BCUT2D eigenvalue weighted by Crippen LogP contribution is -2.39. The summed E-state index contributed by atoms with van der Waals surface area (Å²) in [6.07, 6.45) is 1.24. The molecule has 0 spiro atoms. The van der Waals surface area contributed by atoms with Gasteiger partial charge >= 0.3 is 0 Å². The summed E-state index contributed by atoms with van der Waals surface area (Å²) < 4.78 is 0. The third-order valence-corrected chi connectivity index (χ3v) is 3.84. The minimum atomic E-state index is -0.0205. The quantitative estimate of drug-likeness (QED) is 0.839. The highest BCUT2D eigenvalue weighted by Gasteiger charge is 2.16. The number of amides is 2. The van der Waals surface area contributed by atoms with Crippen LogP contribution in [0.1, 0.15) is 44.7 Å². The van der Waals surface area contributed by atoms with Gasteiger partial charge in [0.1, 0.15) is 0 Å². The average Bonchev–Trinajstić information content (AvgIpc) is 2.45. The molecule has 21 heavy (non-hydrogen) atoms. The van der Waals surface area contributed by atoms with E-state index < -0.39 is 0 Å². The molecule has 4 nitrogen and oxygen atoms in total. The van der Waals surface area contributed by atoms with E-state index in [1.54, 1.807) is 11.8 Å². The third kappa shape index (κ3) is 5.58. The Morgan fingerprint density at radius 2 is 1.95 bits per heavy atom. The maximum atomic E-state index is 11.9. The number of nitrogens with one attached hydrogen (secondary N) is 1. The molecular formula is C17H26N2O2. The summed E-state index contributed by atoms with van der Waals surface area (Å²) in [6.45, 7) is 8.64. The molecule has 0 saturated heterocycles. The summed E-state index contributed by atoms with van der Waals surface area (Å²) in [6, 6.07) is 8.16. The molecule has 1 unspecified atom stereocenters. The average molecular weight is 290 g/mol. The second-order valence-corrected chi connectivity index (χ2v) is 5.42. The lowest BCUT2D eigenvalue weighted by molar-refractivity contribution is -0.131. The highest BCUT2D eigenvalue weighted by atomic mass is 16.2. The van der Waals surface area contributed by atoms with Crippen LogP contribution in [0.4, 0.5) is 0 Å². The summed E-state index contributed by atoms with van der Waals surface area (Å²) in [5, 5.41) is 2.91. The zero-order valence-electron chi connectivity index (χ0n) is 13.5. The zero-order valence-corrected chi connectivity index (χ0v) is 13.5. The van der Waals surface area contributed by atoms with Crippen LogP contribution in [-0.4, -0.2) is 29.3 Å². The fourth-order valence-corrected chi connectivity index (χ4v) is 2.22. The maximum Gasteiger partial charge on any atom is 0.222 e. The lowest BCUT2D eigenvalue weighted by Gasteiger charge is -2.27. The van der Waals surface area contributed by atoms with Gasteiger partial charge in [-0.3, -0.25) is 9.59 Å². The van der Waals surface area contributed by atoms with E-state index in [9.17, 15) is 9.59 Å². The Bertz CT molecular complexity index is 485. The van der Waals surface area contributed by atoms with Gasteiger partial charge in [0.05, 0.1) is 0 Å². The van der Waals surface area contributed by atoms with Gasteiger partial charge in [0.2, 0.25) is 11.8 Å². The van der Waals surface area contributed by atoms with Crippen LogP contribution < -0.4 is 5.32 Å². The number of carbonyl (C=O) groups is 2. The van der Waals surface area contributed by atoms with Gasteiger partial charge < -0.3 is 10.2 Å². The molecule has 0 heterocycles. The van der Waals surface area contributed by atoms with Crippen molar-refractivity contribution in [3.05, 3.63) is 35.4 Å². The Hall–Kier alpha value is -1.84. The fourth-order valence-electron chi connectivity index (χ4n) is 2.22. The van der Waals surface area contributed by atoms with E-state index in [0.29, 0.717) is 19.5 Å². The highest BCUT2D eigenvalue weighted by Crippen LogP contribution is 2.07. The molecule has 1 rings (SSSR count). The van der Waals surface area contributed by atoms with Gasteiger partial charge in [0.15, 0.2) is 0 Å². The Labute approximate surface area is 127 Å². The van der Waals surface area contributed by atoms with Crippen molar-refractivity contribution >= 4 is 11.8 Å². The molecule has 0 aromatic heterocycles. The summed E-state index contributed by atoms with van der Waals surface area (Å²) in [5.74, 6) is 0.00357. The van der Waals surface area contributed by atoms with Crippen molar-refractivity contribution in [2.24, 2.45) is 0 Å². The van der Waals surface area contributed by atoms with Gasteiger partial charge in [-0.15, -0.1) is 0 Å². The smallest absolute Gasteiger partial charge is 0.222 e. The van der Waals surface area contributed by atoms with Gasteiger partial charge in [-0.1, -0.05) is 31.2 Å². The molecule has 1 aromatic carbocycles. The van der Waals surface area contributed by atoms with Gasteiger partial charge in [-0.05, 0) is 31.4 Å². The van der Waals surface area contributed by atoms with Crippen LogP contribution >= 0.6 is 0 Å². The molecule has 1 N–H and O–H groups in total. The molecular weight excluding hydrogens is 264 g/mol. The van der Waals surface area contributed by atoms with Crippen molar-refractivity contribution in [1.82, 2.24) is 10.2 Å². The number of nitrogens with zero attached hydrogens (tertiary/aromatic N) is 1. The number of carbonyl (C=O) groups excluding carboxylic acids is 2. The normalized spacial score (nSPS) is 11.8. The molecule has 0 radical (unpaired) electrons. The predicted molar refractivity (Wildman–Crippen MR) is 84.8 cm³/mol. The highest BCUT2D eigenvalue weighted by molar-refractivity contribution is 5.78. The first-order valence-corrected chi connectivity index (χ1v) is 7.54. The van der Waals surface area contributed by atoms with E-state index in [0.717, 1.165) is 12.0 Å². The SMILES string of the molecule is CCC(C)N(CCC(=O)NCc1ccccc1C)C(C)=O. The van der Waals surface area contributed by atoms with Crippen LogP contribution in [-0.2, 0) is 16.1 Å². The topological polar surface area (TPSA) is 49.4 Å². The predicted octanol–water partition coefficient (Wildman–Crippen LogP) is 2.65. The largest absolute Gasteiger partial charge is 0.352 e. The van der Waals surface area contributed by atoms with Crippen molar-refractivity contribution in [2.75, 3.05) is 6.54 Å². The first-order valence-electron chi connectivity index (χ1n) is 7.54. The number of aryl methyl sites for hydroxylation is 1. The van der Waals surface area contributed by atoms with Gasteiger partial charge in [-0.2, -0.15) is 0 Å². The van der Waals surface area contributed by atoms with Crippen LogP contribution in [0.2, 0.25) is 0 Å². The third-order valence-electron chi connectivity index (χ3n) is 3.84. The summed E-state index contributed by atoms with van der Waals surface area (Å²) in [5.41, 5.74) is 2.29. The molecule has 116 valence electrons. The van der Waals surface area contributed by atoms with Crippen molar-refractivity contribution in [2.45, 2.75) is 53.1 Å². The summed E-state index contributed by atoms with van der Waals surface area (Å²) in [4.78, 5) is 25.2. The Morgan fingerprint density at radius 3 is 2.52 bits per heavy atom. The van der Waals surface area contributed by atoms with E-state index in [4.69, 9.17) is 0 Å². The van der Waals surface area contributed by atoms with Crippen LogP contribution in [0.5, 0.6) is 0 Å². The monoisotopic (exact) mass is 290 g/mol. The molecule has 0 aliphatic heterocycles. The lowest BCUT2D eigenvalue weighted by atomic mass is 10.1. The minimum Gasteiger partial charge on any atom is -0.352 e. The van der Waals surface area contributed by atoms with Crippen molar-refractivity contribution in [3.8, 4) is 0 Å². The number of rotatable bonds is 7. The number of hydrogen-bond donors (Lipinski definition) is 1. The summed E-state index contributed by atoms with van der Waals surface area (Å²) >= 11 is 0. The molecule has 2 amide bonds. The maximum absolute atomic E-state index is 11.9. The van der Waals surface area contributed by atoms with E-state index in [1.807, 2.05) is 45.0 Å². The molecule has 4 heteroatoms. The van der Waals surface area contributed by atoms with Crippen molar-refractivity contribution < 1.29 is 9.59 Å².